The number of hydrogen-bond acceptors (Lipinski definition) is 6. The second-order valence-electron chi connectivity index (χ2n) is 9.06. The van der Waals surface area contributed by atoms with E-state index in [1.807, 2.05) is 61.5 Å². The van der Waals surface area contributed by atoms with E-state index in [0.717, 1.165) is 43.9 Å². The van der Waals surface area contributed by atoms with Gasteiger partial charge >= 0.3 is 0 Å². The van der Waals surface area contributed by atoms with Gasteiger partial charge in [0.1, 0.15) is 5.52 Å². The monoisotopic (exact) mass is 486 g/mol. The van der Waals surface area contributed by atoms with Gasteiger partial charge in [0.15, 0.2) is 17.2 Å². The molecule has 2 aromatic carbocycles. The number of likely N-dealkylation sites (N-methyl/N-ethyl adjacent to an activating group) is 1. The fraction of sp³-hybridized carbons (Fsp3) is 0.296. The van der Waals surface area contributed by atoms with Crippen LogP contribution in [0.2, 0.25) is 0 Å². The number of fused-ring (bicyclic) bond motifs is 1. The third kappa shape index (κ3) is 4.96. The molecule has 9 nitrogen and oxygen atoms in total. The Morgan fingerprint density at radius 3 is 2.44 bits per heavy atom. The van der Waals surface area contributed by atoms with Crippen LogP contribution in [0.25, 0.3) is 11.1 Å². The minimum Gasteiger partial charge on any atom is -0.445 e. The quantitative estimate of drug-likeness (QED) is 0.364. The van der Waals surface area contributed by atoms with Crippen LogP contribution >= 0.6 is 0 Å². The number of aromatic nitrogens is 2. The van der Waals surface area contributed by atoms with E-state index in [0.29, 0.717) is 16.7 Å². The van der Waals surface area contributed by atoms with Crippen LogP contribution in [0, 0.1) is 0 Å². The minimum absolute atomic E-state index is 0.131. The van der Waals surface area contributed by atoms with E-state index in [1.165, 1.54) is 0 Å². The Morgan fingerprint density at radius 1 is 1.03 bits per heavy atom. The summed E-state index contributed by atoms with van der Waals surface area (Å²) in [5, 5.41) is 12.8. The standard InChI is InChI=1S/C27H30N6O3/c1-3-21(18-7-5-4-6-8-18)28-27(35)23-17-22-24(36-23)25(31-30-22)29-26(34)19-9-11-20(12-10-19)33-15-13-32(2)14-16-33/h4-12,17,21H,3,13-16H2,1-2H3,(H,28,35)(H2,29,30,31,34)/t21-/m1/s1. The van der Waals surface area contributed by atoms with E-state index < -0.39 is 0 Å². The summed E-state index contributed by atoms with van der Waals surface area (Å²) in [6.07, 6.45) is 0.741. The number of H-pyrrole nitrogens is 1. The lowest BCUT2D eigenvalue weighted by Crippen LogP contribution is -2.44. The largest absolute Gasteiger partial charge is 0.445 e. The van der Waals surface area contributed by atoms with Gasteiger partial charge in [-0.05, 0) is 43.3 Å². The van der Waals surface area contributed by atoms with Gasteiger partial charge in [-0.25, -0.2) is 0 Å². The van der Waals surface area contributed by atoms with Crippen LogP contribution < -0.4 is 15.5 Å². The second kappa shape index (κ2) is 10.2. The molecule has 4 aromatic rings. The van der Waals surface area contributed by atoms with Gasteiger partial charge in [0.05, 0.1) is 6.04 Å². The maximum Gasteiger partial charge on any atom is 0.287 e. The number of carbonyl (C=O) groups is 2. The molecule has 1 aliphatic rings. The molecule has 0 saturated carbocycles. The molecule has 0 spiro atoms. The van der Waals surface area contributed by atoms with E-state index in [1.54, 1.807) is 6.07 Å². The van der Waals surface area contributed by atoms with Gasteiger partial charge in [-0.15, -0.1) is 0 Å². The van der Waals surface area contributed by atoms with Gasteiger partial charge in [-0.2, -0.15) is 5.10 Å². The van der Waals surface area contributed by atoms with E-state index in [-0.39, 0.29) is 29.4 Å². The highest BCUT2D eigenvalue weighted by Crippen LogP contribution is 2.26. The van der Waals surface area contributed by atoms with Crippen molar-refractivity contribution in [3.05, 3.63) is 77.6 Å². The lowest BCUT2D eigenvalue weighted by molar-refractivity contribution is 0.0909. The van der Waals surface area contributed by atoms with E-state index in [4.69, 9.17) is 4.42 Å². The van der Waals surface area contributed by atoms with Crippen molar-refractivity contribution in [1.29, 1.82) is 0 Å². The first-order chi connectivity index (χ1) is 17.5. The number of furan rings is 1. The number of benzene rings is 2. The smallest absolute Gasteiger partial charge is 0.287 e. The molecule has 36 heavy (non-hydrogen) atoms. The van der Waals surface area contributed by atoms with Crippen molar-refractivity contribution in [3.8, 4) is 0 Å². The van der Waals surface area contributed by atoms with Crippen molar-refractivity contribution < 1.29 is 14.0 Å². The van der Waals surface area contributed by atoms with Crippen LogP contribution in [0.1, 0.15) is 45.9 Å². The van der Waals surface area contributed by atoms with Crippen molar-refractivity contribution in [3.63, 3.8) is 0 Å². The number of rotatable bonds is 7. The molecule has 2 aromatic heterocycles. The lowest BCUT2D eigenvalue weighted by atomic mass is 10.0. The van der Waals surface area contributed by atoms with E-state index in [9.17, 15) is 9.59 Å². The van der Waals surface area contributed by atoms with Crippen LogP contribution in [-0.2, 0) is 0 Å². The molecule has 3 heterocycles. The average molecular weight is 487 g/mol. The molecule has 0 radical (unpaired) electrons. The highest BCUT2D eigenvalue weighted by Gasteiger charge is 2.21. The minimum atomic E-state index is -0.327. The Balaban J connectivity index is 1.26. The predicted molar refractivity (Wildman–Crippen MR) is 139 cm³/mol. The van der Waals surface area contributed by atoms with Gasteiger partial charge in [0.25, 0.3) is 11.8 Å². The van der Waals surface area contributed by atoms with Crippen molar-refractivity contribution in [1.82, 2.24) is 20.4 Å². The SMILES string of the molecule is CC[C@@H](NC(=O)c1cc2[nH]nc(NC(=O)c3ccc(N4CCN(C)CC4)cc3)c2o1)c1ccccc1. The molecule has 2 amide bonds. The van der Waals surface area contributed by atoms with Crippen molar-refractivity contribution >= 4 is 34.4 Å². The fourth-order valence-corrected chi connectivity index (χ4v) is 4.42. The molecule has 1 fully saturated rings. The molecule has 0 aliphatic carbocycles. The summed E-state index contributed by atoms with van der Waals surface area (Å²) in [5.41, 5.74) is 3.51. The first-order valence-corrected chi connectivity index (χ1v) is 12.2. The summed E-state index contributed by atoms with van der Waals surface area (Å²) in [6.45, 7) is 5.98. The first kappa shape index (κ1) is 23.6. The van der Waals surface area contributed by atoms with Crippen molar-refractivity contribution in [2.45, 2.75) is 19.4 Å². The third-order valence-corrected chi connectivity index (χ3v) is 6.60. The summed E-state index contributed by atoms with van der Waals surface area (Å²) in [7, 11) is 2.12. The molecule has 186 valence electrons. The maximum absolute atomic E-state index is 12.9. The van der Waals surface area contributed by atoms with E-state index in [2.05, 4.69) is 37.7 Å². The molecule has 9 heteroatoms. The fourth-order valence-electron chi connectivity index (χ4n) is 4.42. The lowest BCUT2D eigenvalue weighted by Gasteiger charge is -2.34. The van der Waals surface area contributed by atoms with Crippen LogP contribution in [0.3, 0.4) is 0 Å². The zero-order valence-electron chi connectivity index (χ0n) is 20.5. The Labute approximate surface area is 209 Å². The van der Waals surface area contributed by atoms with Crippen LogP contribution in [-0.4, -0.2) is 60.1 Å². The number of anilines is 2. The van der Waals surface area contributed by atoms with Crippen LogP contribution in [0.15, 0.2) is 65.1 Å². The molecule has 0 unspecified atom stereocenters. The van der Waals surface area contributed by atoms with E-state index >= 15 is 0 Å². The number of aromatic amines is 1. The summed E-state index contributed by atoms with van der Waals surface area (Å²) in [5.74, 6) is -0.231. The Bertz CT molecular complexity index is 1340. The number of nitrogens with one attached hydrogen (secondary N) is 3. The zero-order valence-corrected chi connectivity index (χ0v) is 20.5. The third-order valence-electron chi connectivity index (χ3n) is 6.60. The summed E-state index contributed by atoms with van der Waals surface area (Å²) >= 11 is 0. The topological polar surface area (TPSA) is 106 Å². The molecule has 1 aliphatic heterocycles. The summed E-state index contributed by atoms with van der Waals surface area (Å²) < 4.78 is 5.79. The molecular formula is C27H30N6O3. The predicted octanol–water partition coefficient (Wildman–Crippen LogP) is 4.04. The van der Waals surface area contributed by atoms with Crippen molar-refractivity contribution in [2.75, 3.05) is 43.4 Å². The Hall–Kier alpha value is -4.11. The first-order valence-electron chi connectivity index (χ1n) is 12.2. The van der Waals surface area contributed by atoms with Gasteiger partial charge in [0.2, 0.25) is 0 Å². The molecule has 1 saturated heterocycles. The second-order valence-corrected chi connectivity index (χ2v) is 9.06. The number of carbonyl (C=O) groups excluding carboxylic acids is 2. The normalized spacial score (nSPS) is 15.1. The maximum atomic E-state index is 12.9. The summed E-state index contributed by atoms with van der Waals surface area (Å²) in [4.78, 5) is 30.3. The average Bonchev–Trinajstić information content (AvgIpc) is 3.50. The van der Waals surface area contributed by atoms with Crippen LogP contribution in [0.5, 0.6) is 0 Å². The Kier molecular flexibility index (Phi) is 6.73. The Morgan fingerprint density at radius 2 is 1.75 bits per heavy atom. The number of hydrogen-bond donors (Lipinski definition) is 3. The molecular weight excluding hydrogens is 456 g/mol. The van der Waals surface area contributed by atoms with Gasteiger partial charge < -0.3 is 24.9 Å². The molecule has 5 rings (SSSR count). The number of nitrogens with zero attached hydrogens (tertiary/aromatic N) is 3. The molecule has 3 N–H and O–H groups in total. The molecule has 1 atom stereocenters. The highest BCUT2D eigenvalue weighted by molar-refractivity contribution is 6.07. The number of piperazine rings is 1. The zero-order chi connectivity index (χ0) is 25.1. The van der Waals surface area contributed by atoms with Gasteiger partial charge in [-0.1, -0.05) is 37.3 Å². The molecule has 0 bridgehead atoms. The highest BCUT2D eigenvalue weighted by atomic mass is 16.3. The van der Waals surface area contributed by atoms with Gasteiger partial charge in [-0.3, -0.25) is 14.7 Å². The van der Waals surface area contributed by atoms with Crippen molar-refractivity contribution in [2.24, 2.45) is 0 Å². The number of amides is 2. The van der Waals surface area contributed by atoms with Crippen LogP contribution in [0.4, 0.5) is 11.5 Å². The van der Waals surface area contributed by atoms with Gasteiger partial charge in [0, 0.05) is 43.5 Å². The summed E-state index contributed by atoms with van der Waals surface area (Å²) in [6, 6.07) is 18.8.